The van der Waals surface area contributed by atoms with Gasteiger partial charge in [-0.15, -0.1) is 0 Å². The van der Waals surface area contributed by atoms with Gasteiger partial charge < -0.3 is 14.2 Å². The Kier molecular flexibility index (Phi) is 3.07. The molecule has 2 bridgehead atoms. The Bertz CT molecular complexity index is 799. The molecule has 138 valence electrons. The predicted molar refractivity (Wildman–Crippen MR) is 98.7 cm³/mol. The molecule has 0 amide bonds. The maximum Gasteiger partial charge on any atom is 0.166 e. The van der Waals surface area contributed by atoms with Crippen molar-refractivity contribution < 1.29 is 14.2 Å². The molecule has 1 aromatic rings. The van der Waals surface area contributed by atoms with Crippen LogP contribution in [-0.2, 0) is 16.6 Å². The molecule has 4 heteroatoms. The van der Waals surface area contributed by atoms with E-state index in [4.69, 9.17) is 14.2 Å². The van der Waals surface area contributed by atoms with Gasteiger partial charge in [0.1, 0.15) is 5.76 Å². The van der Waals surface area contributed by atoms with Crippen LogP contribution in [-0.4, -0.2) is 44.4 Å². The summed E-state index contributed by atoms with van der Waals surface area (Å²) in [6.45, 7) is 2.48. The van der Waals surface area contributed by atoms with E-state index in [0.717, 1.165) is 36.0 Å². The Morgan fingerprint density at radius 3 is 2.88 bits per heavy atom. The second-order valence-electron chi connectivity index (χ2n) is 8.78. The second kappa shape index (κ2) is 5.19. The predicted octanol–water partition coefficient (Wildman–Crippen LogP) is 3.28. The number of piperidine rings is 1. The molecule has 2 aliphatic heterocycles. The van der Waals surface area contributed by atoms with E-state index in [1.165, 1.54) is 43.5 Å². The lowest BCUT2D eigenvalue weighted by molar-refractivity contribution is -0.0376. The minimum absolute atomic E-state index is 0.0159. The van der Waals surface area contributed by atoms with Gasteiger partial charge in [-0.1, -0.05) is 6.07 Å². The van der Waals surface area contributed by atoms with Crippen LogP contribution in [0.15, 0.2) is 24.0 Å². The first-order valence-electron chi connectivity index (χ1n) is 10.1. The first-order valence-corrected chi connectivity index (χ1v) is 10.1. The molecule has 4 atom stereocenters. The number of rotatable bonds is 4. The summed E-state index contributed by atoms with van der Waals surface area (Å²) in [6.07, 6.45) is 8.58. The zero-order valence-electron chi connectivity index (χ0n) is 15.7. The minimum Gasteiger partial charge on any atom is -0.497 e. The van der Waals surface area contributed by atoms with Gasteiger partial charge in [-0.05, 0) is 68.2 Å². The van der Waals surface area contributed by atoms with Gasteiger partial charge in [0.15, 0.2) is 17.6 Å². The van der Waals surface area contributed by atoms with E-state index < -0.39 is 0 Å². The van der Waals surface area contributed by atoms with Crippen LogP contribution in [0.2, 0.25) is 0 Å². The summed E-state index contributed by atoms with van der Waals surface area (Å²) >= 11 is 0. The standard InChI is InChI=1S/C22H27NO3/c1-24-17-7-5-14-11-16-15-6-8-18(25-2)21-22(15,19(14)20(17)26-21)9-10-23(16)12-13-3-4-13/h5,7-8,13,15-16,21H,3-4,6,9-12H2,1-2H3/t15-,16+,21+,22-/m0/s1. The van der Waals surface area contributed by atoms with E-state index in [-0.39, 0.29) is 11.5 Å². The highest BCUT2D eigenvalue weighted by Gasteiger charge is 2.65. The zero-order chi connectivity index (χ0) is 17.5. The molecule has 0 aromatic heterocycles. The number of hydrogen-bond acceptors (Lipinski definition) is 4. The van der Waals surface area contributed by atoms with Gasteiger partial charge in [-0.3, -0.25) is 4.90 Å². The lowest BCUT2D eigenvalue weighted by atomic mass is 9.53. The van der Waals surface area contributed by atoms with Gasteiger partial charge in [0.2, 0.25) is 0 Å². The lowest BCUT2D eigenvalue weighted by Gasteiger charge is -2.57. The van der Waals surface area contributed by atoms with Crippen molar-refractivity contribution in [1.82, 2.24) is 4.90 Å². The van der Waals surface area contributed by atoms with Crippen molar-refractivity contribution in [2.24, 2.45) is 11.8 Å². The van der Waals surface area contributed by atoms with Gasteiger partial charge in [-0.2, -0.15) is 0 Å². The molecule has 3 aliphatic carbocycles. The van der Waals surface area contributed by atoms with Crippen LogP contribution in [0.3, 0.4) is 0 Å². The monoisotopic (exact) mass is 353 g/mol. The van der Waals surface area contributed by atoms with Gasteiger partial charge in [0.05, 0.1) is 14.2 Å². The van der Waals surface area contributed by atoms with Crippen molar-refractivity contribution in [3.05, 3.63) is 35.1 Å². The highest BCUT2D eigenvalue weighted by Crippen LogP contribution is 2.64. The van der Waals surface area contributed by atoms with E-state index >= 15 is 0 Å². The first-order chi connectivity index (χ1) is 12.8. The van der Waals surface area contributed by atoms with Crippen molar-refractivity contribution in [3.63, 3.8) is 0 Å². The third-order valence-corrected chi connectivity index (χ3v) is 7.69. The van der Waals surface area contributed by atoms with Crippen LogP contribution in [0.25, 0.3) is 0 Å². The molecule has 5 aliphatic rings. The molecule has 6 rings (SSSR count). The fraction of sp³-hybridized carbons (Fsp3) is 0.636. The minimum atomic E-state index is 0.0159. The second-order valence-corrected chi connectivity index (χ2v) is 8.78. The number of likely N-dealkylation sites (tertiary alicyclic amines) is 1. The Morgan fingerprint density at radius 1 is 1.23 bits per heavy atom. The summed E-state index contributed by atoms with van der Waals surface area (Å²) < 4.78 is 18.1. The first kappa shape index (κ1) is 15.4. The van der Waals surface area contributed by atoms with Crippen molar-refractivity contribution in [2.45, 2.75) is 49.7 Å². The van der Waals surface area contributed by atoms with Gasteiger partial charge in [0, 0.05) is 23.6 Å². The quantitative estimate of drug-likeness (QED) is 0.831. The van der Waals surface area contributed by atoms with Gasteiger partial charge in [0.25, 0.3) is 0 Å². The number of nitrogens with zero attached hydrogens (tertiary/aromatic N) is 1. The molecule has 1 saturated carbocycles. The Labute approximate surface area is 155 Å². The maximum atomic E-state index is 6.60. The molecule has 2 heterocycles. The summed E-state index contributed by atoms with van der Waals surface area (Å²) in [4.78, 5) is 2.81. The molecule has 1 aromatic carbocycles. The largest absolute Gasteiger partial charge is 0.497 e. The molecule has 1 saturated heterocycles. The van der Waals surface area contributed by atoms with E-state index in [2.05, 4.69) is 23.1 Å². The van der Waals surface area contributed by atoms with Crippen LogP contribution in [0.1, 0.15) is 36.8 Å². The Hall–Kier alpha value is -1.68. The highest BCUT2D eigenvalue weighted by atomic mass is 16.6. The molecule has 0 unspecified atom stereocenters. The van der Waals surface area contributed by atoms with Crippen LogP contribution in [0.4, 0.5) is 0 Å². The molecule has 4 nitrogen and oxygen atoms in total. The fourth-order valence-electron chi connectivity index (χ4n) is 6.41. The molecule has 1 spiro atoms. The number of hydrogen-bond donors (Lipinski definition) is 0. The number of allylic oxidation sites excluding steroid dienone is 1. The Balaban J connectivity index is 1.53. The SMILES string of the molecule is COC1=CC[C@H]2[C@H]3Cc4ccc(OC)c5c4[C@@]2(CCN3CC2CC2)[C@@H]1O5. The summed E-state index contributed by atoms with van der Waals surface area (Å²) in [5, 5.41) is 0. The molecular weight excluding hydrogens is 326 g/mol. The van der Waals surface area contributed by atoms with Crippen molar-refractivity contribution in [2.75, 3.05) is 27.3 Å². The average Bonchev–Trinajstić information content (AvgIpc) is 3.41. The summed E-state index contributed by atoms with van der Waals surface area (Å²) in [7, 11) is 3.53. The van der Waals surface area contributed by atoms with Crippen LogP contribution in [0, 0.1) is 11.8 Å². The summed E-state index contributed by atoms with van der Waals surface area (Å²) in [5.74, 6) is 4.45. The van der Waals surface area contributed by atoms with Crippen molar-refractivity contribution in [1.29, 1.82) is 0 Å². The fourth-order valence-corrected chi connectivity index (χ4v) is 6.41. The third kappa shape index (κ3) is 1.79. The van der Waals surface area contributed by atoms with E-state index in [9.17, 15) is 0 Å². The van der Waals surface area contributed by atoms with Crippen molar-refractivity contribution >= 4 is 0 Å². The molecular formula is C22H27NO3. The highest BCUT2D eigenvalue weighted by molar-refractivity contribution is 5.62. The topological polar surface area (TPSA) is 30.9 Å². The zero-order valence-corrected chi connectivity index (χ0v) is 15.7. The molecule has 0 radical (unpaired) electrons. The van der Waals surface area contributed by atoms with Gasteiger partial charge in [-0.25, -0.2) is 0 Å². The molecule has 2 fully saturated rings. The Morgan fingerprint density at radius 2 is 2.12 bits per heavy atom. The van der Waals surface area contributed by atoms with Crippen LogP contribution < -0.4 is 9.47 Å². The number of methoxy groups -OCH3 is 2. The summed E-state index contributed by atoms with van der Waals surface area (Å²) in [6, 6.07) is 5.02. The number of ether oxygens (including phenoxy) is 3. The third-order valence-electron chi connectivity index (χ3n) is 7.69. The molecule has 0 N–H and O–H groups in total. The summed E-state index contributed by atoms with van der Waals surface area (Å²) in [5.41, 5.74) is 2.99. The smallest absolute Gasteiger partial charge is 0.166 e. The van der Waals surface area contributed by atoms with Gasteiger partial charge >= 0.3 is 0 Å². The maximum absolute atomic E-state index is 6.60. The van der Waals surface area contributed by atoms with Crippen LogP contribution in [0.5, 0.6) is 11.5 Å². The van der Waals surface area contributed by atoms with E-state index in [0.29, 0.717) is 12.0 Å². The van der Waals surface area contributed by atoms with E-state index in [1.54, 1.807) is 14.2 Å². The average molecular weight is 353 g/mol. The lowest BCUT2D eigenvalue weighted by Crippen LogP contribution is -2.64. The molecule has 26 heavy (non-hydrogen) atoms. The number of benzene rings is 1. The van der Waals surface area contributed by atoms with Crippen molar-refractivity contribution in [3.8, 4) is 11.5 Å². The van der Waals surface area contributed by atoms with E-state index in [1.807, 2.05) is 0 Å². The van der Waals surface area contributed by atoms with Crippen LogP contribution >= 0.6 is 0 Å². The normalized spacial score (nSPS) is 36.8.